The number of carbonyl (C=O) groups excluding carboxylic acids is 1. The molecule has 0 fully saturated rings. The zero-order valence-corrected chi connectivity index (χ0v) is 16.5. The van der Waals surface area contributed by atoms with Gasteiger partial charge < -0.3 is 14.8 Å². The van der Waals surface area contributed by atoms with Crippen molar-refractivity contribution >= 4 is 18.0 Å². The summed E-state index contributed by atoms with van der Waals surface area (Å²) in [6.45, 7) is 3.54. The highest BCUT2D eigenvalue weighted by atomic mass is 16.4. The lowest BCUT2D eigenvalue weighted by atomic mass is 10.0. The summed E-state index contributed by atoms with van der Waals surface area (Å²) >= 11 is 0. The minimum absolute atomic E-state index is 0.0883. The molecule has 0 aliphatic heterocycles. The van der Waals surface area contributed by atoms with Gasteiger partial charge in [-0.3, -0.25) is 4.79 Å². The van der Waals surface area contributed by atoms with Crippen LogP contribution in [0.2, 0.25) is 0 Å². The maximum atomic E-state index is 12.5. The summed E-state index contributed by atoms with van der Waals surface area (Å²) in [7, 11) is 0. The van der Waals surface area contributed by atoms with Gasteiger partial charge in [-0.1, -0.05) is 42.5 Å². The third-order valence-corrected chi connectivity index (χ3v) is 4.76. The van der Waals surface area contributed by atoms with Gasteiger partial charge in [0.15, 0.2) is 0 Å². The first-order valence-corrected chi connectivity index (χ1v) is 9.31. The lowest BCUT2D eigenvalue weighted by Gasteiger charge is -2.13. The smallest absolute Gasteiger partial charge is 0.335 e. The Bertz CT molecular complexity index is 1150. The van der Waals surface area contributed by atoms with Crippen molar-refractivity contribution in [2.75, 3.05) is 0 Å². The number of aromatic carboxylic acids is 1. The van der Waals surface area contributed by atoms with Crippen LogP contribution in [0.5, 0.6) is 0 Å². The molecule has 0 aliphatic rings. The Hall–Kier alpha value is -4.11. The number of rotatable bonds is 6. The van der Waals surface area contributed by atoms with Gasteiger partial charge in [0.05, 0.1) is 11.6 Å². The minimum atomic E-state index is -1.02. The van der Waals surface area contributed by atoms with Crippen LogP contribution in [0, 0.1) is 18.3 Å². The first-order valence-electron chi connectivity index (χ1n) is 9.31. The number of carboxylic acids is 1. The number of benzene rings is 2. The van der Waals surface area contributed by atoms with E-state index in [1.54, 1.807) is 31.2 Å². The molecule has 1 aromatic heterocycles. The number of amides is 1. The number of nitrogens with one attached hydrogen (secondary N) is 1. The van der Waals surface area contributed by atoms with Gasteiger partial charge in [0.2, 0.25) is 0 Å². The second kappa shape index (κ2) is 8.93. The third kappa shape index (κ3) is 4.47. The van der Waals surface area contributed by atoms with E-state index in [0.717, 1.165) is 5.56 Å². The summed E-state index contributed by atoms with van der Waals surface area (Å²) in [4.78, 5) is 23.8. The maximum absolute atomic E-state index is 12.5. The molecule has 6 heteroatoms. The quantitative estimate of drug-likeness (QED) is 0.460. The van der Waals surface area contributed by atoms with Gasteiger partial charge in [0.25, 0.3) is 5.91 Å². The summed E-state index contributed by atoms with van der Waals surface area (Å²) < 4.78 is 5.76. The van der Waals surface area contributed by atoms with Crippen LogP contribution in [0.4, 0.5) is 0 Å². The Morgan fingerprint density at radius 3 is 2.50 bits per heavy atom. The Balaban J connectivity index is 1.82. The molecule has 0 saturated heterocycles. The molecule has 2 N–H and O–H groups in total. The van der Waals surface area contributed by atoms with Crippen molar-refractivity contribution < 1.29 is 19.1 Å². The topological polar surface area (TPSA) is 103 Å². The van der Waals surface area contributed by atoms with E-state index in [-0.39, 0.29) is 17.2 Å². The van der Waals surface area contributed by atoms with Gasteiger partial charge in [-0.05, 0) is 43.2 Å². The predicted octanol–water partition coefficient (Wildman–Crippen LogP) is 4.74. The van der Waals surface area contributed by atoms with Crippen LogP contribution in [0.1, 0.15) is 40.2 Å². The zero-order chi connectivity index (χ0) is 21.7. The fourth-order valence-electron chi connectivity index (χ4n) is 3.10. The van der Waals surface area contributed by atoms with E-state index in [0.29, 0.717) is 22.6 Å². The third-order valence-electron chi connectivity index (χ3n) is 4.76. The van der Waals surface area contributed by atoms with Crippen molar-refractivity contribution in [3.63, 3.8) is 0 Å². The number of furan rings is 1. The van der Waals surface area contributed by atoms with Crippen molar-refractivity contribution in [2.45, 2.75) is 19.9 Å². The van der Waals surface area contributed by atoms with Crippen molar-refractivity contribution in [3.8, 4) is 17.4 Å². The molecule has 0 saturated carbocycles. The monoisotopic (exact) mass is 400 g/mol. The van der Waals surface area contributed by atoms with Gasteiger partial charge in [-0.25, -0.2) is 4.79 Å². The summed E-state index contributed by atoms with van der Waals surface area (Å²) in [5.74, 6) is -0.741. The molecular formula is C24H20N2O4. The average molecular weight is 400 g/mol. The second-order valence-corrected chi connectivity index (χ2v) is 6.76. The normalized spacial score (nSPS) is 12.1. The fraction of sp³-hybridized carbons (Fsp3) is 0.125. The predicted molar refractivity (Wildman–Crippen MR) is 112 cm³/mol. The van der Waals surface area contributed by atoms with Gasteiger partial charge in [-0.15, -0.1) is 0 Å². The molecule has 0 bridgehead atoms. The van der Waals surface area contributed by atoms with E-state index in [2.05, 4.69) is 5.32 Å². The Morgan fingerprint density at radius 1 is 1.10 bits per heavy atom. The fourth-order valence-corrected chi connectivity index (χ4v) is 3.10. The van der Waals surface area contributed by atoms with Crippen LogP contribution in [0.25, 0.3) is 17.4 Å². The maximum Gasteiger partial charge on any atom is 0.335 e. The minimum Gasteiger partial charge on any atom is -0.478 e. The first kappa shape index (κ1) is 20.6. The SMILES string of the molecule is Cc1c(C(=O)O)cccc1-c1ccc(/C=C(/C#N)C(=O)N[C@@H](C)c2ccccc2)o1. The molecular weight excluding hydrogens is 380 g/mol. The molecule has 1 atom stereocenters. The van der Waals surface area contributed by atoms with E-state index in [4.69, 9.17) is 4.42 Å². The number of hydrogen-bond donors (Lipinski definition) is 2. The van der Waals surface area contributed by atoms with Crippen molar-refractivity contribution in [1.29, 1.82) is 5.26 Å². The molecule has 30 heavy (non-hydrogen) atoms. The first-order chi connectivity index (χ1) is 14.4. The number of hydrogen-bond acceptors (Lipinski definition) is 4. The summed E-state index contributed by atoms with van der Waals surface area (Å²) in [6.07, 6.45) is 1.37. The molecule has 1 amide bonds. The molecule has 3 rings (SSSR count). The summed E-state index contributed by atoms with van der Waals surface area (Å²) in [5, 5.41) is 21.5. The zero-order valence-electron chi connectivity index (χ0n) is 16.5. The summed E-state index contributed by atoms with van der Waals surface area (Å²) in [5.41, 5.74) is 2.24. The van der Waals surface area contributed by atoms with E-state index in [1.165, 1.54) is 12.1 Å². The highest BCUT2D eigenvalue weighted by Gasteiger charge is 2.16. The van der Waals surface area contributed by atoms with Crippen molar-refractivity contribution in [3.05, 3.63) is 88.7 Å². The van der Waals surface area contributed by atoms with Gasteiger partial charge in [-0.2, -0.15) is 5.26 Å². The molecule has 0 spiro atoms. The van der Waals surface area contributed by atoms with Gasteiger partial charge >= 0.3 is 5.97 Å². The summed E-state index contributed by atoms with van der Waals surface area (Å²) in [6, 6.07) is 19.3. The van der Waals surface area contributed by atoms with Crippen LogP contribution in [-0.4, -0.2) is 17.0 Å². The number of nitriles is 1. The van der Waals surface area contributed by atoms with Gasteiger partial charge in [0.1, 0.15) is 23.2 Å². The molecule has 150 valence electrons. The molecule has 0 radical (unpaired) electrons. The van der Waals surface area contributed by atoms with Crippen LogP contribution in [0.15, 0.2) is 70.7 Å². The number of nitrogens with zero attached hydrogens (tertiary/aromatic N) is 1. The van der Waals surface area contributed by atoms with Crippen LogP contribution >= 0.6 is 0 Å². The van der Waals surface area contributed by atoms with E-state index >= 15 is 0 Å². The standard InChI is InChI=1S/C24H20N2O4/c1-15-20(9-6-10-21(15)24(28)29)22-12-11-19(30-22)13-18(14-25)23(27)26-16(2)17-7-4-3-5-8-17/h3-13,16H,1-2H3,(H,26,27)(H,28,29)/b18-13-/t16-/m0/s1. The molecule has 0 aliphatic carbocycles. The van der Waals surface area contributed by atoms with Crippen LogP contribution < -0.4 is 5.32 Å². The van der Waals surface area contributed by atoms with Crippen molar-refractivity contribution in [1.82, 2.24) is 5.32 Å². The highest BCUT2D eigenvalue weighted by Crippen LogP contribution is 2.28. The van der Waals surface area contributed by atoms with E-state index < -0.39 is 11.9 Å². The van der Waals surface area contributed by atoms with E-state index in [9.17, 15) is 20.0 Å². The number of carboxylic acid groups (broad SMARTS) is 1. The molecule has 2 aromatic carbocycles. The second-order valence-electron chi connectivity index (χ2n) is 6.76. The number of carbonyl (C=O) groups is 2. The van der Waals surface area contributed by atoms with Crippen LogP contribution in [0.3, 0.4) is 0 Å². The van der Waals surface area contributed by atoms with Gasteiger partial charge in [0, 0.05) is 11.6 Å². The molecule has 1 heterocycles. The average Bonchev–Trinajstić information content (AvgIpc) is 3.20. The Morgan fingerprint density at radius 2 is 1.83 bits per heavy atom. The largest absolute Gasteiger partial charge is 0.478 e. The Kier molecular flexibility index (Phi) is 6.14. The Labute approximate surface area is 174 Å². The lowest BCUT2D eigenvalue weighted by Crippen LogP contribution is -2.27. The van der Waals surface area contributed by atoms with Crippen LogP contribution in [-0.2, 0) is 4.79 Å². The molecule has 0 unspecified atom stereocenters. The lowest BCUT2D eigenvalue weighted by molar-refractivity contribution is -0.117. The van der Waals surface area contributed by atoms with Crippen molar-refractivity contribution in [2.24, 2.45) is 0 Å². The molecule has 3 aromatic rings. The highest BCUT2D eigenvalue weighted by molar-refractivity contribution is 6.01. The van der Waals surface area contributed by atoms with E-state index in [1.807, 2.05) is 43.3 Å². The molecule has 6 nitrogen and oxygen atoms in total.